The number of piperazine rings is 1. The Balaban J connectivity index is 1.47. The summed E-state index contributed by atoms with van der Waals surface area (Å²) in [6.45, 7) is 4.33. The number of rotatable bonds is 2. The van der Waals surface area contributed by atoms with Crippen molar-refractivity contribution in [3.63, 3.8) is 0 Å². The molecule has 2 aromatic carbocycles. The first kappa shape index (κ1) is 20.0. The molecule has 2 atom stereocenters. The molecule has 1 saturated heterocycles. The Morgan fingerprint density at radius 3 is 2.41 bits per heavy atom. The predicted octanol–water partition coefficient (Wildman–Crippen LogP) is 3.37. The summed E-state index contributed by atoms with van der Waals surface area (Å²) in [5, 5.41) is 20.8. The predicted molar refractivity (Wildman–Crippen MR) is 105 cm³/mol. The molecule has 0 amide bonds. The second kappa shape index (κ2) is 7.54. The molecule has 0 radical (unpaired) electrons. The number of benzene rings is 2. The van der Waals surface area contributed by atoms with E-state index in [4.69, 9.17) is 0 Å². The van der Waals surface area contributed by atoms with Crippen LogP contribution in [-0.2, 0) is 19.0 Å². The van der Waals surface area contributed by atoms with Crippen molar-refractivity contribution in [1.29, 1.82) is 0 Å². The molecule has 4 nitrogen and oxygen atoms in total. The Bertz CT molecular complexity index is 892. The van der Waals surface area contributed by atoms with Gasteiger partial charge in [0, 0.05) is 38.6 Å². The molecule has 1 aliphatic heterocycles. The molecule has 1 heterocycles. The maximum atomic E-state index is 13.0. The summed E-state index contributed by atoms with van der Waals surface area (Å²) < 4.78 is 39.1. The third-order valence-corrected chi connectivity index (χ3v) is 6.22. The number of aliphatic hydroxyl groups excluding tert-OH is 1. The molecule has 0 aromatic heterocycles. The average Bonchev–Trinajstić information content (AvgIpc) is 2.67. The monoisotopic (exact) mass is 406 g/mol. The maximum Gasteiger partial charge on any atom is 0.416 e. The number of hydrogen-bond acceptors (Lipinski definition) is 4. The molecule has 29 heavy (non-hydrogen) atoms. The van der Waals surface area contributed by atoms with Crippen LogP contribution in [0, 0.1) is 6.92 Å². The first-order chi connectivity index (χ1) is 13.7. The lowest BCUT2D eigenvalue weighted by Gasteiger charge is -2.44. The molecule has 2 aliphatic rings. The molecule has 156 valence electrons. The van der Waals surface area contributed by atoms with E-state index in [1.165, 1.54) is 16.7 Å². The Kier molecular flexibility index (Phi) is 5.21. The van der Waals surface area contributed by atoms with Gasteiger partial charge in [-0.1, -0.05) is 18.2 Å². The molecule has 4 rings (SSSR count). The Hall–Kier alpha value is -2.25. The first-order valence-electron chi connectivity index (χ1n) is 9.88. The Labute approximate surface area is 168 Å². The number of phenolic OH excluding ortho intramolecular Hbond substituents is 1. The van der Waals surface area contributed by atoms with Crippen LogP contribution in [0.5, 0.6) is 5.75 Å². The molecule has 0 bridgehead atoms. The number of phenols is 1. The van der Waals surface area contributed by atoms with Gasteiger partial charge < -0.3 is 15.1 Å². The number of halogens is 3. The lowest BCUT2D eigenvalue weighted by atomic mass is 9.83. The van der Waals surface area contributed by atoms with Crippen molar-refractivity contribution in [2.75, 3.05) is 31.1 Å². The highest BCUT2D eigenvalue weighted by Gasteiger charge is 2.35. The lowest BCUT2D eigenvalue weighted by molar-refractivity contribution is -0.137. The zero-order valence-corrected chi connectivity index (χ0v) is 16.3. The second-order valence-electron chi connectivity index (χ2n) is 7.98. The molecule has 1 aliphatic carbocycles. The fraction of sp³-hybridized carbons (Fsp3) is 0.455. The van der Waals surface area contributed by atoms with Gasteiger partial charge in [0.2, 0.25) is 0 Å². The topological polar surface area (TPSA) is 46.9 Å². The second-order valence-corrected chi connectivity index (χ2v) is 7.98. The van der Waals surface area contributed by atoms with Crippen LogP contribution < -0.4 is 4.90 Å². The summed E-state index contributed by atoms with van der Waals surface area (Å²) in [5.41, 5.74) is 3.17. The molecule has 1 fully saturated rings. The fourth-order valence-corrected chi connectivity index (χ4v) is 4.57. The normalized spacial score (nSPS) is 23.1. The van der Waals surface area contributed by atoms with E-state index in [1.54, 1.807) is 4.90 Å². The van der Waals surface area contributed by atoms with Crippen LogP contribution in [0.2, 0.25) is 0 Å². The smallest absolute Gasteiger partial charge is 0.416 e. The van der Waals surface area contributed by atoms with E-state index in [0.717, 1.165) is 24.6 Å². The van der Waals surface area contributed by atoms with Crippen molar-refractivity contribution < 1.29 is 23.4 Å². The zero-order chi connectivity index (χ0) is 20.8. The van der Waals surface area contributed by atoms with E-state index < -0.39 is 17.8 Å². The van der Waals surface area contributed by atoms with E-state index in [2.05, 4.69) is 24.0 Å². The zero-order valence-electron chi connectivity index (χ0n) is 16.3. The highest BCUT2D eigenvalue weighted by atomic mass is 19.4. The van der Waals surface area contributed by atoms with Gasteiger partial charge in [-0.05, 0) is 48.2 Å². The number of aryl methyl sites for hydroxylation is 1. The standard InChI is InChI=1S/C22H25F3N2O2/c1-14-3-2-4-15-11-21(29)19(13-17(14)15)27-9-7-26(8-10-27)18-12-16(22(23,24)25)5-6-20(18)28/h2-6,12,19,21,28-29H,7-11,13H2,1H3. The number of anilines is 1. The number of hydrogen-bond donors (Lipinski definition) is 2. The summed E-state index contributed by atoms with van der Waals surface area (Å²) in [6, 6.07) is 9.18. The quantitative estimate of drug-likeness (QED) is 0.803. The van der Waals surface area contributed by atoms with Gasteiger partial charge in [-0.15, -0.1) is 0 Å². The minimum absolute atomic E-state index is 0.000793. The third-order valence-electron chi connectivity index (χ3n) is 6.22. The number of nitrogens with zero attached hydrogens (tertiary/aromatic N) is 2. The molecule has 2 N–H and O–H groups in total. The summed E-state index contributed by atoms with van der Waals surface area (Å²) in [5.74, 6) is -0.145. The number of aromatic hydroxyl groups is 1. The van der Waals surface area contributed by atoms with Crippen LogP contribution >= 0.6 is 0 Å². The summed E-state index contributed by atoms with van der Waals surface area (Å²) in [4.78, 5) is 4.01. The number of alkyl halides is 3. The van der Waals surface area contributed by atoms with E-state index in [9.17, 15) is 23.4 Å². The van der Waals surface area contributed by atoms with Crippen LogP contribution in [0.15, 0.2) is 36.4 Å². The largest absolute Gasteiger partial charge is 0.506 e. The minimum atomic E-state index is -4.44. The highest BCUT2D eigenvalue weighted by molar-refractivity contribution is 5.60. The number of fused-ring (bicyclic) bond motifs is 1. The highest BCUT2D eigenvalue weighted by Crippen LogP contribution is 2.37. The fourth-order valence-electron chi connectivity index (χ4n) is 4.57. The lowest BCUT2D eigenvalue weighted by Crippen LogP contribution is -2.56. The van der Waals surface area contributed by atoms with Crippen molar-refractivity contribution >= 4 is 5.69 Å². The van der Waals surface area contributed by atoms with Crippen LogP contribution in [0.3, 0.4) is 0 Å². The van der Waals surface area contributed by atoms with Crippen molar-refractivity contribution in [3.05, 3.63) is 58.7 Å². The average molecular weight is 406 g/mol. The summed E-state index contributed by atoms with van der Waals surface area (Å²) in [6.07, 6.45) is -3.51. The molecule has 7 heteroatoms. The van der Waals surface area contributed by atoms with Crippen molar-refractivity contribution in [2.24, 2.45) is 0 Å². The summed E-state index contributed by atoms with van der Waals surface area (Å²) >= 11 is 0. The molecular weight excluding hydrogens is 381 g/mol. The number of aliphatic hydroxyl groups is 1. The minimum Gasteiger partial charge on any atom is -0.506 e. The maximum absolute atomic E-state index is 13.0. The summed E-state index contributed by atoms with van der Waals surface area (Å²) in [7, 11) is 0. The van der Waals surface area contributed by atoms with Crippen LogP contribution in [0.4, 0.5) is 18.9 Å². The van der Waals surface area contributed by atoms with E-state index in [1.807, 2.05) is 6.07 Å². The van der Waals surface area contributed by atoms with Gasteiger partial charge in [-0.3, -0.25) is 4.90 Å². The third kappa shape index (κ3) is 3.94. The SMILES string of the molecule is Cc1cccc2c1CC(N1CCN(c3cc(C(F)(F)F)ccc3O)CC1)C(O)C2. The molecular formula is C22H25F3N2O2. The molecule has 2 aromatic rings. The van der Waals surface area contributed by atoms with Gasteiger partial charge in [0.1, 0.15) is 5.75 Å². The van der Waals surface area contributed by atoms with Crippen LogP contribution in [0.1, 0.15) is 22.3 Å². The van der Waals surface area contributed by atoms with Crippen molar-refractivity contribution in [1.82, 2.24) is 4.90 Å². The first-order valence-corrected chi connectivity index (χ1v) is 9.88. The Morgan fingerprint density at radius 2 is 1.72 bits per heavy atom. The van der Waals surface area contributed by atoms with Gasteiger partial charge in [-0.2, -0.15) is 13.2 Å². The van der Waals surface area contributed by atoms with Gasteiger partial charge in [0.25, 0.3) is 0 Å². The van der Waals surface area contributed by atoms with Crippen LogP contribution in [0.25, 0.3) is 0 Å². The molecule has 2 unspecified atom stereocenters. The van der Waals surface area contributed by atoms with Gasteiger partial charge >= 0.3 is 6.18 Å². The van der Waals surface area contributed by atoms with E-state index in [0.29, 0.717) is 32.6 Å². The van der Waals surface area contributed by atoms with E-state index in [-0.39, 0.29) is 17.5 Å². The van der Waals surface area contributed by atoms with E-state index >= 15 is 0 Å². The van der Waals surface area contributed by atoms with Gasteiger partial charge in [0.15, 0.2) is 0 Å². The van der Waals surface area contributed by atoms with Gasteiger partial charge in [-0.25, -0.2) is 0 Å². The molecule has 0 spiro atoms. The Morgan fingerprint density at radius 1 is 1.00 bits per heavy atom. The molecule has 0 saturated carbocycles. The van der Waals surface area contributed by atoms with Gasteiger partial charge in [0.05, 0.1) is 17.4 Å². The van der Waals surface area contributed by atoms with Crippen molar-refractivity contribution in [2.45, 2.75) is 38.1 Å². The van der Waals surface area contributed by atoms with Crippen molar-refractivity contribution in [3.8, 4) is 5.75 Å². The van der Waals surface area contributed by atoms with Crippen LogP contribution in [-0.4, -0.2) is 53.4 Å².